The molecule has 100 valence electrons. The van der Waals surface area contributed by atoms with Gasteiger partial charge < -0.3 is 14.8 Å². The summed E-state index contributed by atoms with van der Waals surface area (Å²) in [5.41, 5.74) is 7.35. The fourth-order valence-corrected chi connectivity index (χ4v) is 1.79. The van der Waals surface area contributed by atoms with Crippen LogP contribution in [0.1, 0.15) is 17.1 Å². The molecular weight excluding hydrogens is 248 g/mol. The third-order valence-electron chi connectivity index (χ3n) is 2.12. The van der Waals surface area contributed by atoms with E-state index in [0.717, 1.165) is 29.3 Å². The second kappa shape index (κ2) is 7.94. The number of aromatic nitrogens is 3. The Morgan fingerprint density at radius 1 is 1.50 bits per heavy atom. The summed E-state index contributed by atoms with van der Waals surface area (Å²) in [4.78, 5) is 4.09. The maximum atomic E-state index is 5.32. The van der Waals surface area contributed by atoms with Gasteiger partial charge in [0.2, 0.25) is 0 Å². The minimum atomic E-state index is 0.678. The molecule has 2 heterocycles. The molecule has 5 nitrogen and oxygen atoms in total. The maximum Gasteiger partial charge on any atom is 0.146 e. The van der Waals surface area contributed by atoms with E-state index in [9.17, 15) is 0 Å². The van der Waals surface area contributed by atoms with E-state index in [0.29, 0.717) is 6.54 Å². The van der Waals surface area contributed by atoms with Crippen molar-refractivity contribution in [3.8, 4) is 0 Å². The molecule has 0 radical (unpaired) electrons. The predicted octanol–water partition coefficient (Wildman–Crippen LogP) is 1.77. The lowest BCUT2D eigenvalue weighted by atomic mass is 10.3. The van der Waals surface area contributed by atoms with E-state index in [4.69, 9.17) is 10.3 Å². The van der Waals surface area contributed by atoms with Crippen LogP contribution < -0.4 is 5.73 Å². The topological polar surface area (TPSA) is 69.9 Å². The molecule has 0 atom stereocenters. The highest BCUT2D eigenvalue weighted by molar-refractivity contribution is 7.97. The normalized spacial score (nSPS) is 10.0. The molecule has 0 bridgehead atoms. The quantitative estimate of drug-likeness (QED) is 0.915. The molecule has 0 amide bonds. The van der Waals surface area contributed by atoms with Crippen LogP contribution in [0.4, 0.5) is 0 Å². The van der Waals surface area contributed by atoms with Crippen molar-refractivity contribution in [2.75, 3.05) is 12.8 Å². The van der Waals surface area contributed by atoms with Gasteiger partial charge in [-0.2, -0.15) is 11.8 Å². The Morgan fingerprint density at radius 3 is 2.72 bits per heavy atom. The van der Waals surface area contributed by atoms with Gasteiger partial charge in [-0.1, -0.05) is 5.16 Å². The average molecular weight is 268 g/mol. The Labute approximate surface area is 112 Å². The lowest BCUT2D eigenvalue weighted by molar-refractivity contribution is 0.391. The molecular formula is C12H20N4OS. The Hall–Kier alpha value is -1.27. The van der Waals surface area contributed by atoms with Crippen LogP contribution in [0.2, 0.25) is 0 Å². The van der Waals surface area contributed by atoms with Crippen molar-refractivity contribution >= 4 is 11.8 Å². The lowest BCUT2D eigenvalue weighted by Gasteiger charge is -1.86. The van der Waals surface area contributed by atoms with Gasteiger partial charge in [0, 0.05) is 25.7 Å². The number of nitrogens with zero attached hydrogens (tertiary/aromatic N) is 3. The molecule has 0 saturated carbocycles. The Balaban J connectivity index is 0.000000180. The van der Waals surface area contributed by atoms with Crippen LogP contribution in [0.5, 0.6) is 0 Å². The zero-order valence-electron chi connectivity index (χ0n) is 11.1. The molecule has 0 spiro atoms. The second-order valence-corrected chi connectivity index (χ2v) is 4.80. The second-order valence-electron chi connectivity index (χ2n) is 3.94. The first-order chi connectivity index (χ1) is 8.65. The van der Waals surface area contributed by atoms with Crippen LogP contribution in [-0.2, 0) is 19.2 Å². The van der Waals surface area contributed by atoms with Crippen LogP contribution in [-0.4, -0.2) is 27.5 Å². The molecule has 0 unspecified atom stereocenters. The Bertz CT molecular complexity index is 410. The number of imidazole rings is 1. The molecule has 0 saturated heterocycles. The van der Waals surface area contributed by atoms with E-state index in [1.807, 2.05) is 37.1 Å². The standard InChI is InChI=1S/C6H11N3.C6H9NOS/c1-9-4-6(2-3-7)8-5-9;1-5-3-6(4-9-2)8-7-5/h4-5H,2-3,7H2,1H3;3H,4H2,1-2H3. The minimum Gasteiger partial charge on any atom is -0.360 e. The van der Waals surface area contributed by atoms with Crippen LogP contribution in [0.3, 0.4) is 0 Å². The summed E-state index contributed by atoms with van der Waals surface area (Å²) in [5.74, 6) is 1.88. The van der Waals surface area contributed by atoms with Crippen LogP contribution >= 0.6 is 11.8 Å². The monoisotopic (exact) mass is 268 g/mol. The molecule has 0 aromatic carbocycles. The molecule has 0 aliphatic carbocycles. The first-order valence-corrected chi connectivity index (χ1v) is 7.13. The molecule has 2 N–H and O–H groups in total. The fourth-order valence-electron chi connectivity index (χ4n) is 1.37. The maximum absolute atomic E-state index is 5.32. The molecule has 0 fully saturated rings. The number of hydrogen-bond acceptors (Lipinski definition) is 5. The van der Waals surface area contributed by atoms with Gasteiger partial charge in [-0.25, -0.2) is 4.98 Å². The first-order valence-electron chi connectivity index (χ1n) is 5.73. The van der Waals surface area contributed by atoms with Gasteiger partial charge in [-0.15, -0.1) is 0 Å². The van der Waals surface area contributed by atoms with Gasteiger partial charge >= 0.3 is 0 Å². The summed E-state index contributed by atoms with van der Waals surface area (Å²) in [6.45, 7) is 2.60. The number of nitrogens with two attached hydrogens (primary N) is 1. The summed E-state index contributed by atoms with van der Waals surface area (Å²) in [6.07, 6.45) is 6.68. The minimum absolute atomic E-state index is 0.678. The van der Waals surface area contributed by atoms with Gasteiger partial charge in [0.15, 0.2) is 0 Å². The van der Waals surface area contributed by atoms with Crippen molar-refractivity contribution in [1.82, 2.24) is 14.7 Å². The highest BCUT2D eigenvalue weighted by Crippen LogP contribution is 2.09. The van der Waals surface area contributed by atoms with E-state index in [2.05, 4.69) is 10.1 Å². The zero-order chi connectivity index (χ0) is 13.4. The fraction of sp³-hybridized carbons (Fsp3) is 0.500. The third-order valence-corrected chi connectivity index (χ3v) is 2.70. The van der Waals surface area contributed by atoms with E-state index in [1.165, 1.54) is 0 Å². The van der Waals surface area contributed by atoms with Gasteiger partial charge in [0.05, 0.1) is 23.5 Å². The van der Waals surface area contributed by atoms with Crippen molar-refractivity contribution < 1.29 is 4.52 Å². The Morgan fingerprint density at radius 2 is 2.28 bits per heavy atom. The highest BCUT2D eigenvalue weighted by atomic mass is 32.2. The lowest BCUT2D eigenvalue weighted by Crippen LogP contribution is -2.02. The van der Waals surface area contributed by atoms with E-state index < -0.39 is 0 Å². The van der Waals surface area contributed by atoms with Gasteiger partial charge in [-0.3, -0.25) is 0 Å². The third kappa shape index (κ3) is 5.37. The number of rotatable bonds is 4. The SMILES string of the molecule is CSCc1cc(C)no1.Cn1cnc(CCN)c1. The average Bonchev–Trinajstić information content (AvgIpc) is 2.90. The largest absolute Gasteiger partial charge is 0.360 e. The van der Waals surface area contributed by atoms with Crippen LogP contribution in [0.25, 0.3) is 0 Å². The van der Waals surface area contributed by atoms with Crippen molar-refractivity contribution in [2.45, 2.75) is 19.1 Å². The molecule has 0 aliphatic rings. The molecule has 2 rings (SSSR count). The predicted molar refractivity (Wildman–Crippen MR) is 74.4 cm³/mol. The number of thioether (sulfide) groups is 1. The smallest absolute Gasteiger partial charge is 0.146 e. The van der Waals surface area contributed by atoms with E-state index in [-0.39, 0.29) is 0 Å². The van der Waals surface area contributed by atoms with Crippen molar-refractivity contribution in [1.29, 1.82) is 0 Å². The molecule has 2 aromatic rings. The molecule has 2 aromatic heterocycles. The summed E-state index contributed by atoms with van der Waals surface area (Å²) in [6, 6.07) is 1.95. The molecule has 18 heavy (non-hydrogen) atoms. The Kier molecular flexibility index (Phi) is 6.53. The number of hydrogen-bond donors (Lipinski definition) is 1. The molecule has 6 heteroatoms. The summed E-state index contributed by atoms with van der Waals surface area (Å²) in [5, 5.41) is 3.75. The summed E-state index contributed by atoms with van der Waals surface area (Å²) < 4.78 is 6.86. The van der Waals surface area contributed by atoms with E-state index >= 15 is 0 Å². The van der Waals surface area contributed by atoms with Gasteiger partial charge in [0.1, 0.15) is 5.76 Å². The van der Waals surface area contributed by atoms with E-state index in [1.54, 1.807) is 18.1 Å². The van der Waals surface area contributed by atoms with Crippen molar-refractivity contribution in [3.63, 3.8) is 0 Å². The molecule has 0 aliphatic heterocycles. The van der Waals surface area contributed by atoms with Gasteiger partial charge in [0.25, 0.3) is 0 Å². The first kappa shape index (κ1) is 14.8. The highest BCUT2D eigenvalue weighted by Gasteiger charge is 1.96. The van der Waals surface area contributed by atoms with Crippen molar-refractivity contribution in [2.24, 2.45) is 12.8 Å². The summed E-state index contributed by atoms with van der Waals surface area (Å²) >= 11 is 1.73. The van der Waals surface area contributed by atoms with Crippen LogP contribution in [0, 0.1) is 6.92 Å². The van der Waals surface area contributed by atoms with Gasteiger partial charge in [-0.05, 0) is 19.7 Å². The zero-order valence-corrected chi connectivity index (χ0v) is 11.9. The summed E-state index contributed by atoms with van der Waals surface area (Å²) in [7, 11) is 1.95. The van der Waals surface area contributed by atoms with Crippen molar-refractivity contribution in [3.05, 3.63) is 35.7 Å². The van der Waals surface area contributed by atoms with Crippen LogP contribution in [0.15, 0.2) is 23.1 Å². The number of aryl methyl sites for hydroxylation is 2.